The number of alkyl halides is 2. The Bertz CT molecular complexity index is 1030. The maximum absolute atomic E-state index is 12.7. The van der Waals surface area contributed by atoms with Crippen molar-refractivity contribution in [1.29, 1.82) is 0 Å². The second-order valence-electron chi connectivity index (χ2n) is 6.63. The van der Waals surface area contributed by atoms with Gasteiger partial charge in [-0.05, 0) is 62.2 Å². The fourth-order valence-electron chi connectivity index (χ4n) is 3.05. The molecular formula is C21H21F2N3O3. The van der Waals surface area contributed by atoms with Gasteiger partial charge in [0.2, 0.25) is 0 Å². The molecular weight excluding hydrogens is 380 g/mol. The number of hydrogen-bond acceptors (Lipinski definition) is 4. The van der Waals surface area contributed by atoms with E-state index < -0.39 is 12.5 Å². The van der Waals surface area contributed by atoms with Crippen LogP contribution in [0.1, 0.15) is 27.2 Å². The highest BCUT2D eigenvalue weighted by atomic mass is 19.3. The number of rotatable bonds is 6. The summed E-state index contributed by atoms with van der Waals surface area (Å²) in [5, 5.41) is 7.28. The lowest BCUT2D eigenvalue weighted by Gasteiger charge is -2.13. The van der Waals surface area contributed by atoms with Gasteiger partial charge in [-0.25, -0.2) is 4.68 Å². The summed E-state index contributed by atoms with van der Waals surface area (Å²) in [5.74, 6) is -0.0473. The zero-order valence-electron chi connectivity index (χ0n) is 16.5. The Morgan fingerprint density at radius 1 is 1.03 bits per heavy atom. The Morgan fingerprint density at radius 2 is 1.72 bits per heavy atom. The van der Waals surface area contributed by atoms with E-state index in [2.05, 4.69) is 15.2 Å². The third-order valence-corrected chi connectivity index (χ3v) is 4.17. The number of ether oxygens (including phenoxy) is 2. The van der Waals surface area contributed by atoms with E-state index in [0.717, 1.165) is 22.5 Å². The van der Waals surface area contributed by atoms with E-state index in [1.54, 1.807) is 10.7 Å². The quantitative estimate of drug-likeness (QED) is 0.652. The summed E-state index contributed by atoms with van der Waals surface area (Å²) < 4.78 is 36.1. The van der Waals surface area contributed by atoms with Gasteiger partial charge in [0, 0.05) is 11.6 Å². The number of halogens is 2. The minimum absolute atomic E-state index is 0.0388. The molecule has 6 nitrogen and oxygen atoms in total. The summed E-state index contributed by atoms with van der Waals surface area (Å²) in [6.07, 6.45) is 0. The van der Waals surface area contributed by atoms with E-state index in [1.807, 2.05) is 39.0 Å². The number of aromatic nitrogens is 2. The van der Waals surface area contributed by atoms with Gasteiger partial charge in [-0.3, -0.25) is 4.79 Å². The molecule has 1 heterocycles. The number of carbonyl (C=O) groups is 1. The minimum Gasteiger partial charge on any atom is -0.493 e. The fraction of sp³-hybridized carbons (Fsp3) is 0.238. The van der Waals surface area contributed by atoms with Crippen molar-refractivity contribution in [2.75, 3.05) is 12.4 Å². The van der Waals surface area contributed by atoms with Crippen LogP contribution in [0.3, 0.4) is 0 Å². The van der Waals surface area contributed by atoms with E-state index in [-0.39, 0.29) is 17.1 Å². The van der Waals surface area contributed by atoms with Crippen molar-refractivity contribution >= 4 is 11.7 Å². The first-order chi connectivity index (χ1) is 13.8. The summed E-state index contributed by atoms with van der Waals surface area (Å²) in [5.41, 5.74) is 3.94. The minimum atomic E-state index is -2.99. The van der Waals surface area contributed by atoms with Crippen LogP contribution in [0, 0.1) is 20.8 Å². The van der Waals surface area contributed by atoms with Crippen LogP contribution in [0.15, 0.2) is 42.5 Å². The van der Waals surface area contributed by atoms with Crippen molar-refractivity contribution in [2.45, 2.75) is 27.4 Å². The maximum Gasteiger partial charge on any atom is 0.387 e. The van der Waals surface area contributed by atoms with E-state index in [9.17, 15) is 13.6 Å². The van der Waals surface area contributed by atoms with E-state index >= 15 is 0 Å². The molecule has 0 spiro atoms. The van der Waals surface area contributed by atoms with Crippen molar-refractivity contribution in [2.24, 2.45) is 0 Å². The van der Waals surface area contributed by atoms with Crippen molar-refractivity contribution in [3.05, 3.63) is 64.8 Å². The Hall–Kier alpha value is -3.42. The van der Waals surface area contributed by atoms with Crippen LogP contribution < -0.4 is 14.8 Å². The molecule has 0 atom stereocenters. The zero-order chi connectivity index (χ0) is 21.1. The summed E-state index contributed by atoms with van der Waals surface area (Å²) >= 11 is 0. The molecule has 29 heavy (non-hydrogen) atoms. The van der Waals surface area contributed by atoms with Crippen LogP contribution in [0.2, 0.25) is 0 Å². The lowest BCUT2D eigenvalue weighted by Crippen LogP contribution is -2.15. The smallest absolute Gasteiger partial charge is 0.387 e. The normalized spacial score (nSPS) is 10.9. The molecule has 3 aromatic rings. The molecule has 0 saturated heterocycles. The number of amides is 1. The summed E-state index contributed by atoms with van der Waals surface area (Å²) in [4.78, 5) is 12.7. The average molecular weight is 401 g/mol. The fourth-order valence-corrected chi connectivity index (χ4v) is 3.05. The molecule has 2 aromatic carbocycles. The number of methoxy groups -OCH3 is 1. The highest BCUT2D eigenvalue weighted by molar-refractivity contribution is 6.04. The number of hydrogen-bond donors (Lipinski definition) is 1. The molecule has 0 radical (unpaired) electrons. The molecule has 1 amide bonds. The van der Waals surface area contributed by atoms with E-state index in [0.29, 0.717) is 5.82 Å². The third-order valence-electron chi connectivity index (χ3n) is 4.17. The Morgan fingerprint density at radius 3 is 2.34 bits per heavy atom. The van der Waals surface area contributed by atoms with E-state index in [4.69, 9.17) is 4.74 Å². The molecule has 0 saturated carbocycles. The predicted molar refractivity (Wildman–Crippen MR) is 105 cm³/mol. The summed E-state index contributed by atoms with van der Waals surface area (Å²) in [6, 6.07) is 11.7. The SMILES string of the molecule is COc1cc(C(=O)Nc2cc(C)nn2-c2cc(C)cc(C)c2)ccc1OC(F)F. The predicted octanol–water partition coefficient (Wildman–Crippen LogP) is 4.66. The molecule has 0 unspecified atom stereocenters. The number of carbonyl (C=O) groups excluding carboxylic acids is 1. The highest BCUT2D eigenvalue weighted by Gasteiger charge is 2.17. The number of benzene rings is 2. The molecule has 1 N–H and O–H groups in total. The molecule has 152 valence electrons. The van der Waals surface area contributed by atoms with Gasteiger partial charge in [0.1, 0.15) is 5.82 Å². The first-order valence-electron chi connectivity index (χ1n) is 8.86. The van der Waals surface area contributed by atoms with Crippen LogP contribution >= 0.6 is 0 Å². The Balaban J connectivity index is 1.90. The third kappa shape index (κ3) is 4.71. The topological polar surface area (TPSA) is 65.4 Å². The van der Waals surface area contributed by atoms with Crippen LogP contribution in [0.4, 0.5) is 14.6 Å². The molecule has 0 bridgehead atoms. The van der Waals surface area contributed by atoms with Crippen molar-refractivity contribution < 1.29 is 23.0 Å². The highest BCUT2D eigenvalue weighted by Crippen LogP contribution is 2.30. The molecule has 8 heteroatoms. The van der Waals surface area contributed by atoms with Gasteiger partial charge in [0.05, 0.1) is 18.5 Å². The summed E-state index contributed by atoms with van der Waals surface area (Å²) in [6.45, 7) is 2.81. The largest absolute Gasteiger partial charge is 0.493 e. The lowest BCUT2D eigenvalue weighted by atomic mass is 10.1. The standard InChI is InChI=1S/C21H21F2N3O3/c1-12-7-13(2)9-16(8-12)26-19(10-14(3)25-26)24-20(27)15-5-6-17(29-21(22)23)18(11-15)28-4/h5-11,21H,1-4H3,(H,24,27). The van der Waals surface area contributed by atoms with Crippen LogP contribution in [-0.2, 0) is 0 Å². The first kappa shape index (κ1) is 20.3. The van der Waals surface area contributed by atoms with Crippen LogP contribution in [0.25, 0.3) is 5.69 Å². The number of nitrogens with zero attached hydrogens (tertiary/aromatic N) is 2. The van der Waals surface area contributed by atoms with Crippen LogP contribution in [0.5, 0.6) is 11.5 Å². The van der Waals surface area contributed by atoms with Gasteiger partial charge in [-0.1, -0.05) is 6.07 Å². The van der Waals surface area contributed by atoms with E-state index in [1.165, 1.54) is 25.3 Å². The molecule has 3 rings (SSSR count). The van der Waals surface area contributed by atoms with Gasteiger partial charge in [0.15, 0.2) is 11.5 Å². The zero-order valence-corrected chi connectivity index (χ0v) is 16.5. The lowest BCUT2D eigenvalue weighted by molar-refractivity contribution is -0.0512. The van der Waals surface area contributed by atoms with Gasteiger partial charge in [-0.2, -0.15) is 13.9 Å². The summed E-state index contributed by atoms with van der Waals surface area (Å²) in [7, 11) is 1.31. The first-order valence-corrected chi connectivity index (χ1v) is 8.86. The second-order valence-corrected chi connectivity index (χ2v) is 6.63. The second kappa shape index (κ2) is 8.30. The molecule has 0 aliphatic carbocycles. The van der Waals surface area contributed by atoms with Gasteiger partial charge >= 0.3 is 6.61 Å². The van der Waals surface area contributed by atoms with Crippen molar-refractivity contribution in [1.82, 2.24) is 9.78 Å². The molecule has 1 aromatic heterocycles. The molecule has 0 aliphatic rings. The van der Waals surface area contributed by atoms with Crippen LogP contribution in [-0.4, -0.2) is 29.4 Å². The molecule has 0 fully saturated rings. The van der Waals surface area contributed by atoms with Crippen molar-refractivity contribution in [3.63, 3.8) is 0 Å². The Kier molecular flexibility index (Phi) is 5.81. The Labute approximate surface area is 167 Å². The average Bonchev–Trinajstić information content (AvgIpc) is 3.01. The monoisotopic (exact) mass is 401 g/mol. The maximum atomic E-state index is 12.7. The van der Waals surface area contributed by atoms with Gasteiger partial charge in [-0.15, -0.1) is 0 Å². The molecule has 0 aliphatic heterocycles. The number of nitrogens with one attached hydrogen (secondary N) is 1. The van der Waals surface area contributed by atoms with Gasteiger partial charge in [0.25, 0.3) is 5.91 Å². The van der Waals surface area contributed by atoms with Crippen molar-refractivity contribution in [3.8, 4) is 17.2 Å². The van der Waals surface area contributed by atoms with Gasteiger partial charge < -0.3 is 14.8 Å². The number of anilines is 1. The number of aryl methyl sites for hydroxylation is 3.